The minimum absolute atomic E-state index is 0.109. The molecule has 0 unspecified atom stereocenters. The number of Topliss-reactive ketones (excluding diaryl/α,β-unsaturated/α-hetero) is 1. The monoisotopic (exact) mass is 339 g/mol. The summed E-state index contributed by atoms with van der Waals surface area (Å²) in [4.78, 5) is 13.1. The zero-order valence-corrected chi connectivity index (χ0v) is 14.6. The number of nitrogens with two attached hydrogens (primary N) is 3. The van der Waals surface area contributed by atoms with E-state index in [0.29, 0.717) is 30.7 Å². The zero-order valence-electron chi connectivity index (χ0n) is 14.6. The number of ketones is 1. The fourth-order valence-electron chi connectivity index (χ4n) is 3.98. The first-order valence-electron chi connectivity index (χ1n) is 8.86. The maximum absolute atomic E-state index is 13.1. The van der Waals surface area contributed by atoms with Gasteiger partial charge in [-0.3, -0.25) is 4.79 Å². The maximum atomic E-state index is 13.1. The molecule has 0 amide bonds. The van der Waals surface area contributed by atoms with E-state index in [1.807, 2.05) is 36.4 Å². The van der Waals surface area contributed by atoms with E-state index in [4.69, 9.17) is 17.2 Å². The molecule has 0 radical (unpaired) electrons. The molecule has 0 aliphatic heterocycles. The fraction of sp³-hybridized carbons (Fsp3) is 0.350. The Morgan fingerprint density at radius 2 is 1.44 bits per heavy atom. The largest absolute Gasteiger partial charge is 0.326 e. The van der Waals surface area contributed by atoms with E-state index in [1.165, 1.54) is 0 Å². The molecule has 0 aromatic heterocycles. The zero-order chi connectivity index (χ0) is 17.9. The Labute approximate surface area is 148 Å². The second-order valence-corrected chi connectivity index (χ2v) is 6.79. The van der Waals surface area contributed by atoms with Crippen LogP contribution in [0, 0.1) is 0 Å². The maximum Gasteiger partial charge on any atom is 0.195 e. The van der Waals surface area contributed by atoms with Crippen molar-refractivity contribution in [3.63, 3.8) is 0 Å². The molecule has 2 aromatic rings. The molecule has 5 nitrogen and oxygen atoms in total. The van der Waals surface area contributed by atoms with Gasteiger partial charge in [0, 0.05) is 30.6 Å². The molecule has 0 bridgehead atoms. The lowest BCUT2D eigenvalue weighted by atomic mass is 9.87. The molecule has 0 saturated carbocycles. The quantitative estimate of drug-likeness (QED) is 0.628. The van der Waals surface area contributed by atoms with Crippen LogP contribution in [0.3, 0.4) is 0 Å². The Morgan fingerprint density at radius 3 is 2.04 bits per heavy atom. The van der Waals surface area contributed by atoms with Gasteiger partial charge in [0.2, 0.25) is 0 Å². The van der Waals surface area contributed by atoms with Gasteiger partial charge < -0.3 is 21.7 Å². The lowest BCUT2D eigenvalue weighted by Crippen LogP contribution is -2.57. The molecule has 3 rings (SSSR count). The summed E-state index contributed by atoms with van der Waals surface area (Å²) < 4.78 is 0.666. The Hall–Kier alpha value is -2.05. The number of carbonyl (C=O) groups is 1. The van der Waals surface area contributed by atoms with Gasteiger partial charge in [0.05, 0.1) is 25.2 Å². The third-order valence-corrected chi connectivity index (χ3v) is 5.12. The Balaban J connectivity index is 2.03. The second kappa shape index (κ2) is 7.45. The SMILES string of the molecule is NCC[N+](CCN)(CCN)CC1=Cc2cccc3cccc(c23)C1=O. The van der Waals surface area contributed by atoms with E-state index in [1.54, 1.807) is 0 Å². The van der Waals surface area contributed by atoms with Crippen LogP contribution in [0.5, 0.6) is 0 Å². The topological polar surface area (TPSA) is 95.1 Å². The van der Waals surface area contributed by atoms with Crippen LogP contribution in [0.25, 0.3) is 16.8 Å². The Kier molecular flexibility index (Phi) is 5.30. The number of hydrogen-bond acceptors (Lipinski definition) is 4. The molecule has 0 heterocycles. The number of hydrogen-bond donors (Lipinski definition) is 3. The molecule has 0 fully saturated rings. The highest BCUT2D eigenvalue weighted by Crippen LogP contribution is 2.32. The summed E-state index contributed by atoms with van der Waals surface area (Å²) in [6, 6.07) is 12.1. The first-order valence-corrected chi connectivity index (χ1v) is 8.86. The van der Waals surface area contributed by atoms with Crippen molar-refractivity contribution in [2.75, 3.05) is 45.8 Å². The van der Waals surface area contributed by atoms with Gasteiger partial charge >= 0.3 is 0 Å². The number of carbonyl (C=O) groups excluding carboxylic acids is 1. The van der Waals surface area contributed by atoms with Crippen LogP contribution in [0.4, 0.5) is 0 Å². The molecule has 2 aromatic carbocycles. The van der Waals surface area contributed by atoms with E-state index in [9.17, 15) is 4.79 Å². The van der Waals surface area contributed by atoms with Crippen LogP contribution >= 0.6 is 0 Å². The average Bonchev–Trinajstić information content (AvgIpc) is 2.60. The van der Waals surface area contributed by atoms with Crippen molar-refractivity contribution in [2.45, 2.75) is 0 Å². The van der Waals surface area contributed by atoms with Crippen molar-refractivity contribution in [2.24, 2.45) is 17.2 Å². The highest BCUT2D eigenvalue weighted by atomic mass is 16.1. The van der Waals surface area contributed by atoms with E-state index < -0.39 is 0 Å². The van der Waals surface area contributed by atoms with Gasteiger partial charge in [0.15, 0.2) is 5.78 Å². The van der Waals surface area contributed by atoms with E-state index in [0.717, 1.165) is 47.1 Å². The molecular weight excluding hydrogens is 312 g/mol. The van der Waals surface area contributed by atoms with Crippen molar-refractivity contribution in [3.8, 4) is 0 Å². The average molecular weight is 339 g/mol. The van der Waals surface area contributed by atoms with Crippen molar-refractivity contribution < 1.29 is 9.28 Å². The minimum Gasteiger partial charge on any atom is -0.326 e. The Bertz CT molecular complexity index is 790. The summed E-state index contributed by atoms with van der Waals surface area (Å²) in [5.41, 5.74) is 20.3. The van der Waals surface area contributed by atoms with Gasteiger partial charge in [-0.1, -0.05) is 36.4 Å². The Morgan fingerprint density at radius 1 is 0.840 bits per heavy atom. The molecular formula is C20H27N4O+. The number of quaternary nitrogens is 1. The molecule has 25 heavy (non-hydrogen) atoms. The second-order valence-electron chi connectivity index (χ2n) is 6.79. The van der Waals surface area contributed by atoms with E-state index >= 15 is 0 Å². The minimum atomic E-state index is 0.109. The summed E-state index contributed by atoms with van der Waals surface area (Å²) in [5, 5.41) is 2.15. The molecule has 5 heteroatoms. The number of nitrogens with zero attached hydrogens (tertiary/aromatic N) is 1. The molecule has 132 valence electrons. The van der Waals surface area contributed by atoms with Gasteiger partial charge in [-0.2, -0.15) is 0 Å². The van der Waals surface area contributed by atoms with Gasteiger partial charge in [-0.25, -0.2) is 0 Å². The van der Waals surface area contributed by atoms with Crippen molar-refractivity contribution >= 4 is 22.6 Å². The molecule has 0 atom stereocenters. The van der Waals surface area contributed by atoms with E-state index in [-0.39, 0.29) is 5.78 Å². The van der Waals surface area contributed by atoms with Crippen LogP contribution in [0.2, 0.25) is 0 Å². The van der Waals surface area contributed by atoms with Crippen molar-refractivity contribution in [3.05, 3.63) is 53.1 Å². The summed E-state index contributed by atoms with van der Waals surface area (Å²) in [6.45, 7) is 4.57. The van der Waals surface area contributed by atoms with Gasteiger partial charge in [0.25, 0.3) is 0 Å². The lowest BCUT2D eigenvalue weighted by molar-refractivity contribution is -0.919. The van der Waals surface area contributed by atoms with Crippen LogP contribution in [0.1, 0.15) is 15.9 Å². The van der Waals surface area contributed by atoms with Crippen LogP contribution < -0.4 is 17.2 Å². The van der Waals surface area contributed by atoms with Gasteiger partial charge in [-0.05, 0) is 17.0 Å². The highest BCUT2D eigenvalue weighted by Gasteiger charge is 2.31. The highest BCUT2D eigenvalue weighted by molar-refractivity contribution is 6.22. The van der Waals surface area contributed by atoms with Gasteiger partial charge in [0.1, 0.15) is 6.54 Å². The first-order chi connectivity index (χ1) is 12.1. The normalized spacial score (nSPS) is 14.0. The first kappa shape index (κ1) is 17.8. The third-order valence-electron chi connectivity index (χ3n) is 5.12. The predicted octanol–water partition coefficient (Wildman–Crippen LogP) is 1.11. The third kappa shape index (κ3) is 3.37. The molecule has 0 spiro atoms. The summed E-state index contributed by atoms with van der Waals surface area (Å²) >= 11 is 0. The molecule has 1 aliphatic rings. The standard InChI is InChI=1S/C20H27N4O/c21-7-10-24(11-8-22,12-9-23)14-17-13-16-5-1-3-15-4-2-6-18(19(15)16)20(17)25/h1-6,13H,7-12,14,21-23H2/q+1. The number of benzene rings is 2. The fourth-order valence-corrected chi connectivity index (χ4v) is 3.98. The summed E-state index contributed by atoms with van der Waals surface area (Å²) in [7, 11) is 0. The van der Waals surface area contributed by atoms with Crippen LogP contribution in [-0.4, -0.2) is 56.1 Å². The predicted molar refractivity (Wildman–Crippen MR) is 103 cm³/mol. The van der Waals surface area contributed by atoms with Crippen LogP contribution in [-0.2, 0) is 0 Å². The molecule has 6 N–H and O–H groups in total. The molecule has 0 saturated heterocycles. The summed E-state index contributed by atoms with van der Waals surface area (Å²) in [5.74, 6) is 0.109. The number of rotatable bonds is 8. The van der Waals surface area contributed by atoms with Crippen LogP contribution in [0.15, 0.2) is 42.0 Å². The molecule has 1 aliphatic carbocycles. The van der Waals surface area contributed by atoms with Gasteiger partial charge in [-0.15, -0.1) is 0 Å². The lowest BCUT2D eigenvalue weighted by Gasteiger charge is -2.39. The van der Waals surface area contributed by atoms with Crippen molar-refractivity contribution in [1.29, 1.82) is 0 Å². The smallest absolute Gasteiger partial charge is 0.195 e. The van der Waals surface area contributed by atoms with E-state index in [2.05, 4.69) is 6.07 Å². The summed E-state index contributed by atoms with van der Waals surface area (Å²) in [6.07, 6.45) is 2.04. The van der Waals surface area contributed by atoms with Crippen molar-refractivity contribution in [1.82, 2.24) is 0 Å².